The number of H-pyrrole nitrogens is 1. The number of alkyl halides is 1. The van der Waals surface area contributed by atoms with Crippen molar-refractivity contribution in [1.29, 1.82) is 0 Å². The van der Waals surface area contributed by atoms with E-state index in [1.165, 1.54) is 12.8 Å². The summed E-state index contributed by atoms with van der Waals surface area (Å²) >= 11 is 3.13. The number of aromatic amines is 1. The van der Waals surface area contributed by atoms with Crippen LogP contribution in [0, 0.1) is 0 Å². The van der Waals surface area contributed by atoms with Crippen LogP contribution < -0.4 is 4.90 Å². The van der Waals surface area contributed by atoms with Gasteiger partial charge < -0.3 is 9.88 Å². The predicted octanol–water partition coefficient (Wildman–Crippen LogP) is 1.59. The maximum atomic E-state index is 11.3. The molecule has 14 heavy (non-hydrogen) atoms. The Bertz CT molecular complexity index is 331. The van der Waals surface area contributed by atoms with Crippen LogP contribution in [0.4, 0.5) is 5.95 Å². The molecule has 1 aromatic heterocycles. The lowest BCUT2D eigenvalue weighted by molar-refractivity contribution is 0.101. The van der Waals surface area contributed by atoms with Gasteiger partial charge in [-0.15, -0.1) is 0 Å². The number of halogens is 1. The molecule has 2 heterocycles. The molecule has 0 spiro atoms. The van der Waals surface area contributed by atoms with Gasteiger partial charge in [-0.3, -0.25) is 4.79 Å². The standard InChI is InChI=1S/C9H12BrN3O/c10-5-8(14)7-6-11-9(12-7)13-3-1-2-4-13/h6H,1-5H2,(H,11,12). The van der Waals surface area contributed by atoms with Crippen LogP contribution in [0.5, 0.6) is 0 Å². The van der Waals surface area contributed by atoms with Crippen LogP contribution in [-0.4, -0.2) is 34.2 Å². The van der Waals surface area contributed by atoms with Crippen molar-refractivity contribution in [3.63, 3.8) is 0 Å². The fraction of sp³-hybridized carbons (Fsp3) is 0.556. The third-order valence-electron chi connectivity index (χ3n) is 2.39. The first-order valence-corrected chi connectivity index (χ1v) is 5.82. The van der Waals surface area contributed by atoms with Crippen LogP contribution in [0.1, 0.15) is 23.3 Å². The van der Waals surface area contributed by atoms with Crippen LogP contribution in [0.15, 0.2) is 6.20 Å². The summed E-state index contributed by atoms with van der Waals surface area (Å²) in [7, 11) is 0. The minimum atomic E-state index is 0.0444. The molecule has 1 aliphatic heterocycles. The molecule has 4 nitrogen and oxygen atoms in total. The number of rotatable bonds is 3. The number of Topliss-reactive ketones (excluding diaryl/α,β-unsaturated/α-hetero) is 1. The summed E-state index contributed by atoms with van der Waals surface area (Å²) in [5.41, 5.74) is 0.587. The van der Waals surface area contributed by atoms with Crippen molar-refractivity contribution in [2.24, 2.45) is 0 Å². The van der Waals surface area contributed by atoms with Crippen molar-refractivity contribution in [2.75, 3.05) is 23.3 Å². The normalized spacial score (nSPS) is 16.2. The van der Waals surface area contributed by atoms with Crippen molar-refractivity contribution >= 4 is 27.7 Å². The zero-order valence-corrected chi connectivity index (χ0v) is 9.38. The Labute approximate surface area is 90.8 Å². The van der Waals surface area contributed by atoms with Gasteiger partial charge in [0, 0.05) is 13.1 Å². The van der Waals surface area contributed by atoms with E-state index in [1.807, 2.05) is 0 Å². The van der Waals surface area contributed by atoms with Crippen LogP contribution in [-0.2, 0) is 0 Å². The first-order valence-electron chi connectivity index (χ1n) is 4.70. The summed E-state index contributed by atoms with van der Waals surface area (Å²) in [6.07, 6.45) is 4.03. The average Bonchev–Trinajstić information content (AvgIpc) is 2.86. The third-order valence-corrected chi connectivity index (χ3v) is 2.90. The topological polar surface area (TPSA) is 49.0 Å². The Morgan fingerprint density at radius 2 is 2.29 bits per heavy atom. The van der Waals surface area contributed by atoms with Crippen molar-refractivity contribution in [3.05, 3.63) is 11.9 Å². The van der Waals surface area contributed by atoms with Gasteiger partial charge in [0.15, 0.2) is 5.78 Å². The molecule has 1 N–H and O–H groups in total. The molecule has 5 heteroatoms. The number of imidazole rings is 1. The van der Waals surface area contributed by atoms with E-state index in [0.717, 1.165) is 19.0 Å². The van der Waals surface area contributed by atoms with Crippen molar-refractivity contribution < 1.29 is 4.79 Å². The van der Waals surface area contributed by atoms with E-state index in [0.29, 0.717) is 11.0 Å². The van der Waals surface area contributed by atoms with E-state index >= 15 is 0 Å². The first-order chi connectivity index (χ1) is 6.81. The SMILES string of the molecule is O=C(CBr)c1cnc(N2CCCC2)[nH]1. The largest absolute Gasteiger partial charge is 0.342 e. The molecule has 0 aromatic carbocycles. The van der Waals surface area contributed by atoms with Gasteiger partial charge in [0.05, 0.1) is 11.5 Å². The molecule has 0 saturated carbocycles. The Balaban J connectivity index is 2.12. The van der Waals surface area contributed by atoms with Gasteiger partial charge in [0.25, 0.3) is 0 Å². The summed E-state index contributed by atoms with van der Waals surface area (Å²) in [5, 5.41) is 0.342. The molecule has 0 unspecified atom stereocenters. The Kier molecular flexibility index (Phi) is 2.86. The van der Waals surface area contributed by atoms with Gasteiger partial charge in [0.1, 0.15) is 5.69 Å². The van der Waals surface area contributed by atoms with Crippen LogP contribution in [0.25, 0.3) is 0 Å². The number of ketones is 1. The molecule has 2 rings (SSSR count). The lowest BCUT2D eigenvalue weighted by atomic mass is 10.3. The second-order valence-corrected chi connectivity index (χ2v) is 3.93. The van der Waals surface area contributed by atoms with E-state index in [2.05, 4.69) is 30.8 Å². The Morgan fingerprint density at radius 1 is 1.57 bits per heavy atom. The third kappa shape index (κ3) is 1.82. The number of carbonyl (C=O) groups excluding carboxylic acids is 1. The van der Waals surface area contributed by atoms with Crippen molar-refractivity contribution in [1.82, 2.24) is 9.97 Å². The average molecular weight is 258 g/mol. The molecule has 0 atom stereocenters. The monoisotopic (exact) mass is 257 g/mol. The molecule has 1 aromatic rings. The predicted molar refractivity (Wildman–Crippen MR) is 58.2 cm³/mol. The van der Waals surface area contributed by atoms with Gasteiger partial charge >= 0.3 is 0 Å². The zero-order valence-electron chi connectivity index (χ0n) is 7.79. The Hall–Kier alpha value is -0.840. The second-order valence-electron chi connectivity index (χ2n) is 3.37. The van der Waals surface area contributed by atoms with Crippen LogP contribution in [0.2, 0.25) is 0 Å². The van der Waals surface area contributed by atoms with E-state index in [9.17, 15) is 4.79 Å². The van der Waals surface area contributed by atoms with Crippen molar-refractivity contribution in [3.8, 4) is 0 Å². The molecule has 0 bridgehead atoms. The molecular formula is C9H12BrN3O. The highest BCUT2D eigenvalue weighted by molar-refractivity contribution is 9.09. The number of anilines is 1. The van der Waals surface area contributed by atoms with Crippen LogP contribution in [0.3, 0.4) is 0 Å². The minimum absolute atomic E-state index is 0.0444. The number of carbonyl (C=O) groups is 1. The number of nitrogens with one attached hydrogen (secondary N) is 1. The lowest BCUT2D eigenvalue weighted by Gasteiger charge is -2.12. The summed E-state index contributed by atoms with van der Waals surface area (Å²) in [6, 6.07) is 0. The Morgan fingerprint density at radius 3 is 2.93 bits per heavy atom. The number of nitrogens with zero attached hydrogens (tertiary/aromatic N) is 2. The second kappa shape index (κ2) is 4.13. The molecule has 0 radical (unpaired) electrons. The van der Waals surface area contributed by atoms with E-state index < -0.39 is 0 Å². The smallest absolute Gasteiger partial charge is 0.203 e. The highest BCUT2D eigenvalue weighted by Gasteiger charge is 2.16. The summed E-state index contributed by atoms with van der Waals surface area (Å²) in [5.74, 6) is 0.870. The maximum Gasteiger partial charge on any atom is 0.203 e. The molecule has 1 aliphatic rings. The van der Waals surface area contributed by atoms with E-state index in [-0.39, 0.29) is 5.78 Å². The maximum absolute atomic E-state index is 11.3. The first kappa shape index (κ1) is 9.71. The zero-order chi connectivity index (χ0) is 9.97. The molecule has 1 saturated heterocycles. The highest BCUT2D eigenvalue weighted by atomic mass is 79.9. The van der Waals surface area contributed by atoms with Gasteiger partial charge in [-0.05, 0) is 12.8 Å². The fourth-order valence-corrected chi connectivity index (χ4v) is 1.92. The number of aromatic nitrogens is 2. The molecular weight excluding hydrogens is 246 g/mol. The minimum Gasteiger partial charge on any atom is -0.342 e. The number of hydrogen-bond acceptors (Lipinski definition) is 3. The molecule has 1 fully saturated rings. The summed E-state index contributed by atoms with van der Waals surface area (Å²) in [4.78, 5) is 20.7. The van der Waals surface area contributed by atoms with Gasteiger partial charge in [-0.2, -0.15) is 0 Å². The van der Waals surface area contributed by atoms with Gasteiger partial charge in [0.2, 0.25) is 5.95 Å². The summed E-state index contributed by atoms with van der Waals surface area (Å²) in [6.45, 7) is 2.07. The molecule has 0 amide bonds. The van der Waals surface area contributed by atoms with Crippen LogP contribution >= 0.6 is 15.9 Å². The van der Waals surface area contributed by atoms with E-state index in [4.69, 9.17) is 0 Å². The number of hydrogen-bond donors (Lipinski definition) is 1. The quantitative estimate of drug-likeness (QED) is 0.661. The molecule has 76 valence electrons. The molecule has 0 aliphatic carbocycles. The lowest BCUT2D eigenvalue weighted by Crippen LogP contribution is -2.19. The van der Waals surface area contributed by atoms with Gasteiger partial charge in [-0.1, -0.05) is 15.9 Å². The van der Waals surface area contributed by atoms with Crippen molar-refractivity contribution in [2.45, 2.75) is 12.8 Å². The van der Waals surface area contributed by atoms with E-state index in [1.54, 1.807) is 6.20 Å². The highest BCUT2D eigenvalue weighted by Crippen LogP contribution is 2.16. The summed E-state index contributed by atoms with van der Waals surface area (Å²) < 4.78 is 0. The fourth-order valence-electron chi connectivity index (χ4n) is 1.61. The van der Waals surface area contributed by atoms with Gasteiger partial charge in [-0.25, -0.2) is 4.98 Å².